The number of anilines is 1. The topological polar surface area (TPSA) is 93.3 Å². The number of thioether (sulfide) groups is 1. The molecule has 1 atom stereocenters. The van der Waals surface area contributed by atoms with E-state index in [1.54, 1.807) is 18.2 Å². The molecule has 8 heteroatoms. The van der Waals surface area contributed by atoms with Crippen molar-refractivity contribution in [2.75, 3.05) is 19.0 Å². The van der Waals surface area contributed by atoms with Crippen LogP contribution in [0.5, 0.6) is 11.5 Å². The number of nitrogens with zero attached hydrogens (tertiary/aromatic N) is 1. The maximum atomic E-state index is 13.1. The summed E-state index contributed by atoms with van der Waals surface area (Å²) in [5.74, 6) is 3.66. The smallest absolute Gasteiger partial charge is 0.257 e. The zero-order chi connectivity index (χ0) is 23.4. The molecule has 0 bridgehead atoms. The molecule has 1 aliphatic rings. The number of aromatic amines is 1. The molecular weight excluding hydrogens is 438 g/mol. The fraction of sp³-hybridized carbons (Fsp3) is 0.240. The van der Waals surface area contributed by atoms with Gasteiger partial charge < -0.3 is 19.8 Å². The normalized spacial score (nSPS) is 14.7. The number of hydrogen-bond donors (Lipinski definition) is 2. The van der Waals surface area contributed by atoms with Crippen LogP contribution >= 0.6 is 11.8 Å². The van der Waals surface area contributed by atoms with Crippen molar-refractivity contribution in [3.05, 3.63) is 75.1 Å². The van der Waals surface area contributed by atoms with Gasteiger partial charge in [-0.3, -0.25) is 9.59 Å². The number of methoxy groups -OCH3 is 1. The third-order valence-electron chi connectivity index (χ3n) is 5.29. The first kappa shape index (κ1) is 22.5. The Labute approximate surface area is 195 Å². The van der Waals surface area contributed by atoms with E-state index in [0.29, 0.717) is 33.8 Å². The Hall–Kier alpha value is -3.70. The molecule has 2 aromatic carbocycles. The molecule has 1 unspecified atom stereocenters. The molecule has 7 nitrogen and oxygen atoms in total. The predicted octanol–water partition coefficient (Wildman–Crippen LogP) is 3.87. The standard InChI is InChI=1S/C25H23N3O4S/c1-4-10-32-19-9-8-17(12-20(19)31-3)18-13-21(29)26-23-22(18)24(30)28-25(27-23)33-14-16-7-5-6-15(2)11-16/h1,5-9,11-12,18H,10,13-14H2,2-3H3,(H2,26,27,28,29,30). The molecule has 0 fully saturated rings. The Bertz CT molecular complexity index is 1300. The summed E-state index contributed by atoms with van der Waals surface area (Å²) in [6.45, 7) is 2.14. The monoisotopic (exact) mass is 461 g/mol. The third-order valence-corrected chi connectivity index (χ3v) is 6.23. The lowest BCUT2D eigenvalue weighted by molar-refractivity contribution is -0.116. The lowest BCUT2D eigenvalue weighted by atomic mass is 9.86. The maximum absolute atomic E-state index is 13.1. The van der Waals surface area contributed by atoms with Crippen molar-refractivity contribution in [3.8, 4) is 23.8 Å². The number of H-pyrrole nitrogens is 1. The number of fused-ring (bicyclic) bond motifs is 1. The van der Waals surface area contributed by atoms with Crippen LogP contribution in [0.4, 0.5) is 5.82 Å². The second kappa shape index (κ2) is 9.84. The number of carbonyl (C=O) groups is 1. The summed E-state index contributed by atoms with van der Waals surface area (Å²) in [4.78, 5) is 32.9. The average molecular weight is 462 g/mol. The minimum absolute atomic E-state index is 0.108. The summed E-state index contributed by atoms with van der Waals surface area (Å²) in [6, 6.07) is 13.4. The Morgan fingerprint density at radius 2 is 2.06 bits per heavy atom. The van der Waals surface area contributed by atoms with Crippen LogP contribution in [-0.4, -0.2) is 29.6 Å². The molecule has 2 N–H and O–H groups in total. The minimum Gasteiger partial charge on any atom is -0.493 e. The van der Waals surface area contributed by atoms with Gasteiger partial charge >= 0.3 is 0 Å². The Morgan fingerprint density at radius 1 is 1.21 bits per heavy atom. The molecule has 1 aromatic heterocycles. The molecule has 168 valence electrons. The molecule has 2 heterocycles. The van der Waals surface area contributed by atoms with Crippen molar-refractivity contribution in [2.45, 2.75) is 30.2 Å². The second-order valence-electron chi connectivity index (χ2n) is 7.62. The molecule has 4 rings (SSSR count). The van der Waals surface area contributed by atoms with Gasteiger partial charge in [0.1, 0.15) is 12.4 Å². The number of carbonyl (C=O) groups excluding carboxylic acids is 1. The van der Waals surface area contributed by atoms with E-state index in [1.807, 2.05) is 25.1 Å². The summed E-state index contributed by atoms with van der Waals surface area (Å²) >= 11 is 1.41. The van der Waals surface area contributed by atoms with Gasteiger partial charge in [-0.15, -0.1) is 6.42 Å². The maximum Gasteiger partial charge on any atom is 0.257 e. The van der Waals surface area contributed by atoms with Crippen molar-refractivity contribution in [1.82, 2.24) is 9.97 Å². The van der Waals surface area contributed by atoms with Crippen LogP contribution in [-0.2, 0) is 10.5 Å². The number of amides is 1. The van der Waals surface area contributed by atoms with Gasteiger partial charge in [-0.1, -0.05) is 53.6 Å². The van der Waals surface area contributed by atoms with Gasteiger partial charge in [0.2, 0.25) is 5.91 Å². The second-order valence-corrected chi connectivity index (χ2v) is 8.58. The molecule has 0 spiro atoms. The van der Waals surface area contributed by atoms with Crippen molar-refractivity contribution in [1.29, 1.82) is 0 Å². The molecule has 0 saturated heterocycles. The Kier molecular flexibility index (Phi) is 6.71. The quantitative estimate of drug-likeness (QED) is 0.315. The van der Waals surface area contributed by atoms with E-state index in [1.165, 1.54) is 24.4 Å². The van der Waals surface area contributed by atoms with Crippen molar-refractivity contribution in [2.24, 2.45) is 0 Å². The van der Waals surface area contributed by atoms with Crippen molar-refractivity contribution < 1.29 is 14.3 Å². The van der Waals surface area contributed by atoms with Gasteiger partial charge in [0.15, 0.2) is 16.7 Å². The summed E-state index contributed by atoms with van der Waals surface area (Å²) in [7, 11) is 1.52. The highest BCUT2D eigenvalue weighted by atomic mass is 32.2. The van der Waals surface area contributed by atoms with E-state index in [0.717, 1.165) is 11.1 Å². The van der Waals surface area contributed by atoms with Crippen LogP contribution in [0, 0.1) is 19.3 Å². The minimum atomic E-state index is -0.462. The van der Waals surface area contributed by atoms with E-state index in [4.69, 9.17) is 15.9 Å². The highest BCUT2D eigenvalue weighted by Crippen LogP contribution is 2.38. The third kappa shape index (κ3) is 5.04. The van der Waals surface area contributed by atoms with Gasteiger partial charge in [0.25, 0.3) is 5.56 Å². The fourth-order valence-electron chi connectivity index (χ4n) is 3.80. The van der Waals surface area contributed by atoms with E-state index >= 15 is 0 Å². The molecule has 33 heavy (non-hydrogen) atoms. The first-order valence-electron chi connectivity index (χ1n) is 10.3. The first-order valence-corrected chi connectivity index (χ1v) is 11.3. The number of ether oxygens (including phenoxy) is 2. The number of aromatic nitrogens is 2. The first-order chi connectivity index (χ1) is 16.0. The van der Waals surface area contributed by atoms with Gasteiger partial charge in [-0.05, 0) is 30.2 Å². The summed E-state index contributed by atoms with van der Waals surface area (Å²) < 4.78 is 10.9. The van der Waals surface area contributed by atoms with E-state index in [2.05, 4.69) is 27.3 Å². The average Bonchev–Trinajstić information content (AvgIpc) is 2.80. The van der Waals surface area contributed by atoms with Crippen molar-refractivity contribution in [3.63, 3.8) is 0 Å². The predicted molar refractivity (Wildman–Crippen MR) is 128 cm³/mol. The SMILES string of the molecule is C#CCOc1ccc(C2CC(=O)Nc3nc(SCc4cccc(C)c4)[nH]c(=O)c32)cc1OC. The molecule has 0 saturated carbocycles. The van der Waals surface area contributed by atoms with Crippen molar-refractivity contribution >= 4 is 23.5 Å². The number of terminal acetylenes is 1. The molecule has 1 amide bonds. The summed E-state index contributed by atoms with van der Waals surface area (Å²) in [6.07, 6.45) is 5.39. The largest absolute Gasteiger partial charge is 0.493 e. The molecule has 1 aliphatic heterocycles. The Morgan fingerprint density at radius 3 is 2.82 bits per heavy atom. The summed E-state index contributed by atoms with van der Waals surface area (Å²) in [5.41, 5.74) is 3.20. The summed E-state index contributed by atoms with van der Waals surface area (Å²) in [5, 5.41) is 3.21. The van der Waals surface area contributed by atoms with Crippen LogP contribution in [0.2, 0.25) is 0 Å². The molecule has 0 aliphatic carbocycles. The zero-order valence-electron chi connectivity index (χ0n) is 18.3. The molecule has 3 aromatic rings. The number of aryl methyl sites for hydroxylation is 1. The number of benzene rings is 2. The van der Waals surface area contributed by atoms with E-state index < -0.39 is 5.92 Å². The van der Waals surface area contributed by atoms with Gasteiger partial charge in [-0.2, -0.15) is 0 Å². The number of rotatable bonds is 7. The lowest BCUT2D eigenvalue weighted by Crippen LogP contribution is -2.31. The fourth-order valence-corrected chi connectivity index (χ4v) is 4.60. The van der Waals surface area contributed by atoms with E-state index in [9.17, 15) is 9.59 Å². The van der Waals surface area contributed by atoms with Crippen LogP contribution in [0.25, 0.3) is 0 Å². The highest BCUT2D eigenvalue weighted by Gasteiger charge is 2.31. The van der Waals surface area contributed by atoms with E-state index in [-0.39, 0.29) is 24.5 Å². The van der Waals surface area contributed by atoms with Crippen LogP contribution < -0.4 is 20.3 Å². The zero-order valence-corrected chi connectivity index (χ0v) is 19.1. The van der Waals surface area contributed by atoms with Crippen LogP contribution in [0.1, 0.15) is 34.6 Å². The Balaban J connectivity index is 1.64. The molecule has 0 radical (unpaired) electrons. The highest BCUT2D eigenvalue weighted by molar-refractivity contribution is 7.98. The number of nitrogens with one attached hydrogen (secondary N) is 2. The van der Waals surface area contributed by atoms with Gasteiger partial charge in [0.05, 0.1) is 12.7 Å². The lowest BCUT2D eigenvalue weighted by Gasteiger charge is -2.25. The number of hydrogen-bond acceptors (Lipinski definition) is 6. The van der Waals surface area contributed by atoms with Crippen LogP contribution in [0.15, 0.2) is 52.4 Å². The van der Waals surface area contributed by atoms with Gasteiger partial charge in [-0.25, -0.2) is 4.98 Å². The molecular formula is C25H23N3O4S. The van der Waals surface area contributed by atoms with Crippen LogP contribution in [0.3, 0.4) is 0 Å². The van der Waals surface area contributed by atoms with Gasteiger partial charge in [0, 0.05) is 18.1 Å².